The van der Waals surface area contributed by atoms with Crippen molar-refractivity contribution < 1.29 is 4.39 Å². The Kier molecular flexibility index (Phi) is 5.23. The first-order valence-electron chi connectivity index (χ1n) is 5.73. The minimum absolute atomic E-state index is 0.00772. The second-order valence-corrected chi connectivity index (χ2v) is 5.52. The molecule has 1 aromatic rings. The fourth-order valence-electron chi connectivity index (χ4n) is 1.55. The van der Waals surface area contributed by atoms with Crippen molar-refractivity contribution in [1.82, 2.24) is 5.32 Å². The van der Waals surface area contributed by atoms with Gasteiger partial charge in [0, 0.05) is 17.1 Å². The molecule has 17 heavy (non-hydrogen) atoms. The highest BCUT2D eigenvalue weighted by molar-refractivity contribution is 6.35. The van der Waals surface area contributed by atoms with Gasteiger partial charge in [0.15, 0.2) is 0 Å². The van der Waals surface area contributed by atoms with Crippen LogP contribution in [-0.4, -0.2) is 6.04 Å². The smallest absolute Gasteiger partial charge is 0.142 e. The van der Waals surface area contributed by atoms with Crippen LogP contribution in [0.5, 0.6) is 0 Å². The molecule has 0 aromatic heterocycles. The summed E-state index contributed by atoms with van der Waals surface area (Å²) < 4.78 is 13.4. The lowest BCUT2D eigenvalue weighted by Gasteiger charge is -2.24. The van der Waals surface area contributed by atoms with Gasteiger partial charge >= 0.3 is 0 Å². The van der Waals surface area contributed by atoms with Gasteiger partial charge in [-0.2, -0.15) is 0 Å². The van der Waals surface area contributed by atoms with Crippen LogP contribution >= 0.6 is 23.2 Å². The molecule has 96 valence electrons. The summed E-state index contributed by atoms with van der Waals surface area (Å²) in [6.07, 6.45) is 0. The van der Waals surface area contributed by atoms with Gasteiger partial charge in [0.05, 0.1) is 5.02 Å². The molecule has 0 bridgehead atoms. The molecule has 4 heteroatoms. The highest BCUT2D eigenvalue weighted by Gasteiger charge is 2.16. The molecule has 0 amide bonds. The van der Waals surface area contributed by atoms with Crippen LogP contribution in [-0.2, 0) is 0 Å². The third kappa shape index (κ3) is 3.84. The number of benzene rings is 1. The van der Waals surface area contributed by atoms with Crippen LogP contribution in [0.25, 0.3) is 0 Å². The lowest BCUT2D eigenvalue weighted by atomic mass is 10.0. The third-order valence-electron chi connectivity index (χ3n) is 3.02. The second kappa shape index (κ2) is 6.03. The van der Waals surface area contributed by atoms with E-state index in [-0.39, 0.29) is 11.1 Å². The Morgan fingerprint density at radius 3 is 2.18 bits per heavy atom. The Balaban J connectivity index is 2.89. The average Bonchev–Trinajstić information content (AvgIpc) is 2.22. The molecule has 1 nitrogen and oxygen atoms in total. The molecule has 0 heterocycles. The molecule has 2 unspecified atom stereocenters. The topological polar surface area (TPSA) is 12.0 Å². The molecule has 1 aromatic carbocycles. The molecular formula is C13H18Cl2FN. The van der Waals surface area contributed by atoms with E-state index in [0.29, 0.717) is 17.0 Å². The Morgan fingerprint density at radius 2 is 1.65 bits per heavy atom. The van der Waals surface area contributed by atoms with Crippen LogP contribution in [0.2, 0.25) is 10.0 Å². The molecular weight excluding hydrogens is 260 g/mol. The van der Waals surface area contributed by atoms with E-state index in [0.717, 1.165) is 5.56 Å². The zero-order valence-corrected chi connectivity index (χ0v) is 12.0. The van der Waals surface area contributed by atoms with Gasteiger partial charge in [0.1, 0.15) is 5.82 Å². The monoisotopic (exact) mass is 277 g/mol. The van der Waals surface area contributed by atoms with Crippen LogP contribution in [0.3, 0.4) is 0 Å². The van der Waals surface area contributed by atoms with E-state index in [9.17, 15) is 4.39 Å². The van der Waals surface area contributed by atoms with Gasteiger partial charge in [-0.05, 0) is 37.5 Å². The van der Waals surface area contributed by atoms with Crippen molar-refractivity contribution in [2.75, 3.05) is 0 Å². The Morgan fingerprint density at radius 1 is 1.06 bits per heavy atom. The van der Waals surface area contributed by atoms with E-state index < -0.39 is 5.82 Å². The number of nitrogens with one attached hydrogen (secondary N) is 1. The van der Waals surface area contributed by atoms with Crippen LogP contribution in [0.1, 0.15) is 39.3 Å². The number of hydrogen-bond donors (Lipinski definition) is 1. The second-order valence-electron chi connectivity index (χ2n) is 4.71. The van der Waals surface area contributed by atoms with E-state index in [2.05, 4.69) is 26.1 Å². The molecule has 1 N–H and O–H groups in total. The summed E-state index contributed by atoms with van der Waals surface area (Å²) in [4.78, 5) is 0. The molecule has 0 fully saturated rings. The van der Waals surface area contributed by atoms with Crippen molar-refractivity contribution >= 4 is 23.2 Å². The van der Waals surface area contributed by atoms with Crippen LogP contribution in [0.4, 0.5) is 4.39 Å². The van der Waals surface area contributed by atoms with Gasteiger partial charge in [-0.1, -0.05) is 37.0 Å². The maximum atomic E-state index is 13.4. The highest BCUT2D eigenvalue weighted by Crippen LogP contribution is 2.29. The third-order valence-corrected chi connectivity index (χ3v) is 3.64. The van der Waals surface area contributed by atoms with Crippen molar-refractivity contribution in [2.45, 2.75) is 39.8 Å². The van der Waals surface area contributed by atoms with Crippen LogP contribution in [0, 0.1) is 11.7 Å². The predicted molar refractivity (Wildman–Crippen MR) is 72.3 cm³/mol. The molecule has 0 radical (unpaired) electrons. The minimum Gasteiger partial charge on any atom is -0.307 e. The molecule has 2 atom stereocenters. The average molecular weight is 278 g/mol. The van der Waals surface area contributed by atoms with Gasteiger partial charge in [0.2, 0.25) is 0 Å². The minimum atomic E-state index is -0.433. The van der Waals surface area contributed by atoms with Crippen LogP contribution < -0.4 is 5.32 Å². The first kappa shape index (κ1) is 14.7. The number of rotatable bonds is 4. The maximum absolute atomic E-state index is 13.4. The van der Waals surface area contributed by atoms with Crippen molar-refractivity contribution in [3.63, 3.8) is 0 Å². The standard InChI is InChI=1S/C13H18Cl2FN/c1-7(2)8(3)17-9(4)10-5-13(16)12(15)6-11(10)14/h5-9,17H,1-4H3. The van der Waals surface area contributed by atoms with E-state index in [1.54, 1.807) is 0 Å². The van der Waals surface area contributed by atoms with Gasteiger partial charge in [0.25, 0.3) is 0 Å². The molecule has 1 rings (SSSR count). The molecule has 0 aliphatic rings. The summed E-state index contributed by atoms with van der Waals surface area (Å²) in [6.45, 7) is 8.33. The summed E-state index contributed by atoms with van der Waals surface area (Å²) in [5.41, 5.74) is 0.737. The predicted octanol–water partition coefficient (Wildman–Crippen LogP) is 4.83. The first-order valence-corrected chi connectivity index (χ1v) is 6.49. The summed E-state index contributed by atoms with van der Waals surface area (Å²) >= 11 is 11.7. The van der Waals surface area contributed by atoms with E-state index in [1.165, 1.54) is 12.1 Å². The zero-order chi connectivity index (χ0) is 13.2. The van der Waals surface area contributed by atoms with Crippen LogP contribution in [0.15, 0.2) is 12.1 Å². The number of halogens is 3. The van der Waals surface area contributed by atoms with Crippen molar-refractivity contribution in [1.29, 1.82) is 0 Å². The summed E-state index contributed by atoms with van der Waals surface area (Å²) in [7, 11) is 0. The van der Waals surface area contributed by atoms with Crippen molar-refractivity contribution in [3.8, 4) is 0 Å². The largest absolute Gasteiger partial charge is 0.307 e. The Hall–Kier alpha value is -0.310. The molecule has 0 aliphatic carbocycles. The van der Waals surface area contributed by atoms with E-state index in [4.69, 9.17) is 23.2 Å². The summed E-state index contributed by atoms with van der Waals surface area (Å²) in [6, 6.07) is 3.17. The van der Waals surface area contributed by atoms with Gasteiger partial charge in [-0.25, -0.2) is 4.39 Å². The highest BCUT2D eigenvalue weighted by atomic mass is 35.5. The summed E-state index contributed by atoms with van der Waals surface area (Å²) in [5, 5.41) is 3.94. The molecule has 0 spiro atoms. The molecule has 0 saturated carbocycles. The lowest BCUT2D eigenvalue weighted by Crippen LogP contribution is -2.33. The molecule has 0 saturated heterocycles. The normalized spacial score (nSPS) is 15.1. The SMILES string of the molecule is CC(NC(C)C(C)C)c1cc(F)c(Cl)cc1Cl. The van der Waals surface area contributed by atoms with Gasteiger partial charge in [-0.3, -0.25) is 0 Å². The first-order chi connectivity index (χ1) is 7.82. The maximum Gasteiger partial charge on any atom is 0.142 e. The Bertz CT molecular complexity index is 393. The molecule has 0 aliphatic heterocycles. The van der Waals surface area contributed by atoms with Gasteiger partial charge in [-0.15, -0.1) is 0 Å². The van der Waals surface area contributed by atoms with E-state index >= 15 is 0 Å². The fraction of sp³-hybridized carbons (Fsp3) is 0.538. The zero-order valence-electron chi connectivity index (χ0n) is 10.5. The summed E-state index contributed by atoms with van der Waals surface area (Å²) in [5.74, 6) is 0.0743. The number of hydrogen-bond acceptors (Lipinski definition) is 1. The Labute approximate surface area is 112 Å². The fourth-order valence-corrected chi connectivity index (χ4v) is 2.09. The van der Waals surface area contributed by atoms with Gasteiger partial charge < -0.3 is 5.32 Å². The van der Waals surface area contributed by atoms with Crippen molar-refractivity contribution in [2.24, 2.45) is 5.92 Å². The van der Waals surface area contributed by atoms with Crippen molar-refractivity contribution in [3.05, 3.63) is 33.6 Å². The lowest BCUT2D eigenvalue weighted by molar-refractivity contribution is 0.388. The quantitative estimate of drug-likeness (QED) is 0.778. The van der Waals surface area contributed by atoms with E-state index in [1.807, 2.05) is 6.92 Å².